The molecule has 2 aromatic carbocycles. The number of halogens is 1. The number of hydrogen-bond acceptors (Lipinski definition) is 1. The Hall–Kier alpha value is -1.28. The van der Waals surface area contributed by atoms with Crippen molar-refractivity contribution in [1.29, 1.82) is 0 Å². The second kappa shape index (κ2) is 6.45. The average molecular weight is 332 g/mol. The van der Waals surface area contributed by atoms with E-state index in [1.165, 1.54) is 27.9 Å². The molecule has 20 heavy (non-hydrogen) atoms. The Morgan fingerprint density at radius 1 is 1.00 bits per heavy atom. The number of benzene rings is 2. The number of hydrogen-bond donors (Lipinski definition) is 1. The first-order valence-electron chi connectivity index (χ1n) is 7.11. The smallest absolute Gasteiger partial charge is 0.0519 e. The monoisotopic (exact) mass is 331 g/mol. The molecule has 0 fully saturated rings. The minimum Gasteiger partial charge on any atom is -0.377 e. The summed E-state index contributed by atoms with van der Waals surface area (Å²) in [7, 11) is 0. The van der Waals surface area contributed by atoms with Crippen LogP contribution in [0.15, 0.2) is 40.9 Å². The van der Waals surface area contributed by atoms with Gasteiger partial charge in [-0.15, -0.1) is 0 Å². The van der Waals surface area contributed by atoms with Crippen molar-refractivity contribution in [2.24, 2.45) is 0 Å². The first kappa shape index (κ1) is 15.1. The molecule has 2 rings (SSSR count). The van der Waals surface area contributed by atoms with E-state index in [0.717, 1.165) is 10.9 Å². The number of rotatable bonds is 4. The molecule has 0 spiro atoms. The molecule has 0 aliphatic rings. The lowest BCUT2D eigenvalue weighted by atomic mass is 10.0. The summed E-state index contributed by atoms with van der Waals surface area (Å²) in [5.74, 6) is 0. The van der Waals surface area contributed by atoms with Crippen LogP contribution in [0.2, 0.25) is 0 Å². The minimum atomic E-state index is 0.341. The Morgan fingerprint density at radius 3 is 2.20 bits per heavy atom. The van der Waals surface area contributed by atoms with E-state index in [9.17, 15) is 0 Å². The molecule has 1 nitrogen and oxygen atoms in total. The van der Waals surface area contributed by atoms with E-state index in [1.54, 1.807) is 0 Å². The van der Waals surface area contributed by atoms with Crippen LogP contribution < -0.4 is 5.32 Å². The molecule has 2 aromatic rings. The number of anilines is 1. The third-order valence-corrected chi connectivity index (χ3v) is 4.26. The number of nitrogens with one attached hydrogen (secondary N) is 1. The maximum atomic E-state index is 3.68. The van der Waals surface area contributed by atoms with Crippen LogP contribution in [0.3, 0.4) is 0 Å². The van der Waals surface area contributed by atoms with Crippen LogP contribution >= 0.6 is 15.9 Å². The van der Waals surface area contributed by atoms with E-state index in [1.807, 2.05) is 0 Å². The van der Waals surface area contributed by atoms with E-state index >= 15 is 0 Å². The summed E-state index contributed by atoms with van der Waals surface area (Å²) in [4.78, 5) is 0. The van der Waals surface area contributed by atoms with Crippen LogP contribution in [0.1, 0.15) is 41.6 Å². The predicted octanol–water partition coefficient (Wildman–Crippen LogP) is 5.94. The third-order valence-electron chi connectivity index (χ3n) is 3.64. The Bertz CT molecular complexity index is 564. The molecule has 0 aliphatic carbocycles. The zero-order valence-electron chi connectivity index (χ0n) is 12.6. The zero-order chi connectivity index (χ0) is 14.7. The van der Waals surface area contributed by atoms with Gasteiger partial charge in [0.05, 0.1) is 11.7 Å². The molecule has 1 N–H and O–H groups in total. The van der Waals surface area contributed by atoms with Crippen molar-refractivity contribution in [1.82, 2.24) is 0 Å². The fraction of sp³-hybridized carbons (Fsp3) is 0.333. The molecule has 0 amide bonds. The van der Waals surface area contributed by atoms with Crippen LogP contribution in [0.25, 0.3) is 0 Å². The van der Waals surface area contributed by atoms with Gasteiger partial charge in [-0.2, -0.15) is 0 Å². The largest absolute Gasteiger partial charge is 0.377 e. The van der Waals surface area contributed by atoms with Crippen molar-refractivity contribution < 1.29 is 0 Å². The fourth-order valence-electron chi connectivity index (χ4n) is 2.49. The lowest BCUT2D eigenvalue weighted by molar-refractivity contribution is 0.747. The van der Waals surface area contributed by atoms with Crippen molar-refractivity contribution in [2.45, 2.75) is 40.2 Å². The molecule has 106 valence electrons. The summed E-state index contributed by atoms with van der Waals surface area (Å²) in [6.45, 7) is 8.62. The highest BCUT2D eigenvalue weighted by Gasteiger charge is 2.12. The highest BCUT2D eigenvalue weighted by molar-refractivity contribution is 9.10. The van der Waals surface area contributed by atoms with E-state index in [2.05, 4.69) is 85.3 Å². The van der Waals surface area contributed by atoms with Crippen molar-refractivity contribution >= 4 is 21.6 Å². The maximum absolute atomic E-state index is 3.68. The van der Waals surface area contributed by atoms with Crippen molar-refractivity contribution in [3.05, 3.63) is 63.1 Å². The van der Waals surface area contributed by atoms with E-state index in [0.29, 0.717) is 6.04 Å². The topological polar surface area (TPSA) is 12.0 Å². The van der Waals surface area contributed by atoms with Crippen LogP contribution in [0.5, 0.6) is 0 Å². The van der Waals surface area contributed by atoms with Gasteiger partial charge in [0, 0.05) is 4.47 Å². The SMILES string of the molecule is CCC(Nc1c(C)cc(C)cc1Br)c1ccc(C)cc1. The Morgan fingerprint density at radius 2 is 1.65 bits per heavy atom. The molecule has 2 heteroatoms. The molecule has 0 aliphatic heterocycles. The van der Waals surface area contributed by atoms with Gasteiger partial charge in [-0.05, 0) is 65.9 Å². The van der Waals surface area contributed by atoms with Gasteiger partial charge >= 0.3 is 0 Å². The molecule has 0 saturated heterocycles. The van der Waals surface area contributed by atoms with Crippen LogP contribution in [-0.4, -0.2) is 0 Å². The summed E-state index contributed by atoms with van der Waals surface area (Å²) in [5.41, 5.74) is 6.40. The van der Waals surface area contributed by atoms with Gasteiger partial charge < -0.3 is 5.32 Å². The van der Waals surface area contributed by atoms with Gasteiger partial charge in [0.2, 0.25) is 0 Å². The second-order valence-corrected chi connectivity index (χ2v) is 6.31. The third kappa shape index (κ3) is 3.43. The van der Waals surface area contributed by atoms with Gasteiger partial charge in [0.25, 0.3) is 0 Å². The molecule has 0 saturated carbocycles. The first-order chi connectivity index (χ1) is 9.51. The maximum Gasteiger partial charge on any atom is 0.0519 e. The van der Waals surface area contributed by atoms with Gasteiger partial charge in [0.15, 0.2) is 0 Å². The molecule has 0 radical (unpaired) electrons. The van der Waals surface area contributed by atoms with Gasteiger partial charge in [-0.1, -0.05) is 42.8 Å². The molecular weight excluding hydrogens is 310 g/mol. The van der Waals surface area contributed by atoms with Gasteiger partial charge in [-0.25, -0.2) is 0 Å². The lowest BCUT2D eigenvalue weighted by Gasteiger charge is -2.22. The van der Waals surface area contributed by atoms with Crippen LogP contribution in [0.4, 0.5) is 5.69 Å². The van der Waals surface area contributed by atoms with Gasteiger partial charge in [-0.3, -0.25) is 0 Å². The summed E-state index contributed by atoms with van der Waals surface area (Å²) in [6.07, 6.45) is 1.06. The molecule has 0 aromatic heterocycles. The normalized spacial score (nSPS) is 12.2. The minimum absolute atomic E-state index is 0.341. The average Bonchev–Trinajstić information content (AvgIpc) is 2.39. The Kier molecular flexibility index (Phi) is 4.87. The Labute approximate surface area is 130 Å². The molecule has 0 heterocycles. The summed E-state index contributed by atoms with van der Waals surface area (Å²) >= 11 is 3.68. The predicted molar refractivity (Wildman–Crippen MR) is 91.4 cm³/mol. The van der Waals surface area contributed by atoms with Crippen molar-refractivity contribution in [3.8, 4) is 0 Å². The molecular formula is C18H22BrN. The van der Waals surface area contributed by atoms with Crippen LogP contribution in [-0.2, 0) is 0 Å². The lowest BCUT2D eigenvalue weighted by Crippen LogP contribution is -2.11. The summed E-state index contributed by atoms with van der Waals surface area (Å²) in [6, 6.07) is 13.5. The van der Waals surface area contributed by atoms with E-state index in [-0.39, 0.29) is 0 Å². The first-order valence-corrected chi connectivity index (χ1v) is 7.90. The fourth-order valence-corrected chi connectivity index (χ4v) is 3.28. The Balaban J connectivity index is 2.29. The highest BCUT2D eigenvalue weighted by atomic mass is 79.9. The van der Waals surface area contributed by atoms with Crippen molar-refractivity contribution in [2.75, 3.05) is 5.32 Å². The van der Waals surface area contributed by atoms with Crippen LogP contribution in [0, 0.1) is 20.8 Å². The standard InChI is InChI=1S/C18H22BrN/c1-5-17(15-8-6-12(2)7-9-15)20-18-14(4)10-13(3)11-16(18)19/h6-11,17,20H,5H2,1-4H3. The molecule has 1 unspecified atom stereocenters. The summed E-state index contributed by atoms with van der Waals surface area (Å²) < 4.78 is 1.14. The molecule has 1 atom stereocenters. The van der Waals surface area contributed by atoms with Gasteiger partial charge in [0.1, 0.15) is 0 Å². The van der Waals surface area contributed by atoms with E-state index < -0.39 is 0 Å². The van der Waals surface area contributed by atoms with Crippen molar-refractivity contribution in [3.63, 3.8) is 0 Å². The summed E-state index contributed by atoms with van der Waals surface area (Å²) in [5, 5.41) is 3.68. The quantitative estimate of drug-likeness (QED) is 0.731. The highest BCUT2D eigenvalue weighted by Crippen LogP contribution is 2.32. The number of aryl methyl sites for hydroxylation is 3. The second-order valence-electron chi connectivity index (χ2n) is 5.45. The van der Waals surface area contributed by atoms with E-state index in [4.69, 9.17) is 0 Å². The zero-order valence-corrected chi connectivity index (χ0v) is 14.2. The molecule has 0 bridgehead atoms.